The fourth-order valence-electron chi connectivity index (χ4n) is 3.33. The van der Waals surface area contributed by atoms with Crippen LogP contribution in [0, 0.1) is 5.82 Å². The number of benzene rings is 1. The minimum atomic E-state index is -0.345. The summed E-state index contributed by atoms with van der Waals surface area (Å²) in [7, 11) is 1.57. The van der Waals surface area contributed by atoms with Gasteiger partial charge in [-0.2, -0.15) is 0 Å². The van der Waals surface area contributed by atoms with Crippen LogP contribution in [-0.4, -0.2) is 41.6 Å². The van der Waals surface area contributed by atoms with Crippen LogP contribution in [-0.2, 0) is 9.59 Å². The van der Waals surface area contributed by atoms with E-state index in [4.69, 9.17) is 0 Å². The van der Waals surface area contributed by atoms with Gasteiger partial charge in [0.05, 0.1) is 4.91 Å². The minimum absolute atomic E-state index is 0.0612. The monoisotopic (exact) mass is 348 g/mol. The number of hydrogen-bond acceptors (Lipinski definition) is 3. The molecule has 3 rings (SSSR count). The molecule has 128 valence electrons. The van der Waals surface area contributed by atoms with Crippen LogP contribution >= 0.6 is 11.8 Å². The molecule has 0 radical (unpaired) electrons. The van der Waals surface area contributed by atoms with Crippen molar-refractivity contribution in [2.24, 2.45) is 0 Å². The van der Waals surface area contributed by atoms with E-state index in [2.05, 4.69) is 5.32 Å². The van der Waals surface area contributed by atoms with Crippen molar-refractivity contribution in [2.45, 2.75) is 37.0 Å². The summed E-state index contributed by atoms with van der Waals surface area (Å²) >= 11 is 1.54. The predicted molar refractivity (Wildman–Crippen MR) is 93.8 cm³/mol. The standard InChI is InChI=1S/C18H21FN2O2S/c1-20-17(22)11-21-14-8-4-5-9-15(14)24-16(18(21)23)10-12-6-2-3-7-13(12)19/h2-3,6-7,10,14-15H,4-5,8-9,11H2,1H3,(H,20,22)/b16-10-. The molecule has 1 aliphatic heterocycles. The summed E-state index contributed by atoms with van der Waals surface area (Å²) in [5, 5.41) is 2.86. The quantitative estimate of drug-likeness (QED) is 0.855. The fraction of sp³-hybridized carbons (Fsp3) is 0.444. The number of halogens is 1. The molecular formula is C18H21FN2O2S. The van der Waals surface area contributed by atoms with E-state index < -0.39 is 0 Å². The highest BCUT2D eigenvalue weighted by Crippen LogP contribution is 2.42. The summed E-state index contributed by atoms with van der Waals surface area (Å²) in [6.07, 6.45) is 5.76. The third-order valence-corrected chi connectivity index (χ3v) is 6.00. The Labute approximate surface area is 145 Å². The van der Waals surface area contributed by atoms with Gasteiger partial charge in [-0.1, -0.05) is 31.0 Å². The summed E-state index contributed by atoms with van der Waals surface area (Å²) < 4.78 is 13.9. The predicted octanol–water partition coefficient (Wildman–Crippen LogP) is 2.80. The molecule has 6 heteroatoms. The van der Waals surface area contributed by atoms with E-state index in [9.17, 15) is 14.0 Å². The average molecular weight is 348 g/mol. The summed E-state index contributed by atoms with van der Waals surface area (Å²) in [6, 6.07) is 6.51. The molecule has 2 atom stereocenters. The highest BCUT2D eigenvalue weighted by Gasteiger charge is 2.41. The Morgan fingerprint density at radius 1 is 1.38 bits per heavy atom. The van der Waals surface area contributed by atoms with Gasteiger partial charge in [0, 0.05) is 23.9 Å². The van der Waals surface area contributed by atoms with Crippen molar-refractivity contribution in [1.29, 1.82) is 0 Å². The number of carbonyl (C=O) groups excluding carboxylic acids is 2. The SMILES string of the molecule is CNC(=O)CN1C(=O)/C(=C/c2ccccc2F)SC2CCCCC21. The number of rotatable bonds is 3. The Kier molecular flexibility index (Phi) is 5.23. The molecule has 2 fully saturated rings. The van der Waals surface area contributed by atoms with Crippen molar-refractivity contribution in [3.05, 3.63) is 40.6 Å². The lowest BCUT2D eigenvalue weighted by molar-refractivity contribution is -0.135. The molecule has 0 aromatic heterocycles. The molecule has 1 heterocycles. The molecule has 0 spiro atoms. The molecule has 1 aromatic rings. The second-order valence-electron chi connectivity index (χ2n) is 6.14. The van der Waals surface area contributed by atoms with Crippen LogP contribution < -0.4 is 5.32 Å². The van der Waals surface area contributed by atoms with Crippen molar-refractivity contribution >= 4 is 29.7 Å². The van der Waals surface area contributed by atoms with Crippen molar-refractivity contribution in [3.63, 3.8) is 0 Å². The highest BCUT2D eigenvalue weighted by atomic mass is 32.2. The Morgan fingerprint density at radius 3 is 2.88 bits per heavy atom. The van der Waals surface area contributed by atoms with Crippen LogP contribution in [0.25, 0.3) is 6.08 Å². The number of hydrogen-bond donors (Lipinski definition) is 1. The first-order chi connectivity index (χ1) is 11.6. The first-order valence-corrected chi connectivity index (χ1v) is 9.12. The van der Waals surface area contributed by atoms with E-state index in [0.29, 0.717) is 10.5 Å². The smallest absolute Gasteiger partial charge is 0.261 e. The number of fused-ring (bicyclic) bond motifs is 1. The molecule has 2 aliphatic rings. The molecule has 4 nitrogen and oxygen atoms in total. The van der Waals surface area contributed by atoms with Crippen molar-refractivity contribution in [3.8, 4) is 0 Å². The summed E-state index contributed by atoms with van der Waals surface area (Å²) in [5.74, 6) is -0.693. The summed E-state index contributed by atoms with van der Waals surface area (Å²) in [6.45, 7) is 0.0612. The van der Waals surface area contributed by atoms with Crippen LogP contribution in [0.1, 0.15) is 31.2 Å². The van der Waals surface area contributed by atoms with E-state index in [-0.39, 0.29) is 35.5 Å². The lowest BCUT2D eigenvalue weighted by Crippen LogP contribution is -2.54. The Morgan fingerprint density at radius 2 is 2.12 bits per heavy atom. The number of amides is 2. The molecule has 24 heavy (non-hydrogen) atoms. The molecule has 1 saturated carbocycles. The Hall–Kier alpha value is -1.82. The number of thioether (sulfide) groups is 1. The van der Waals surface area contributed by atoms with Gasteiger partial charge in [0.1, 0.15) is 12.4 Å². The van der Waals surface area contributed by atoms with Gasteiger partial charge < -0.3 is 10.2 Å². The van der Waals surface area contributed by atoms with Gasteiger partial charge in [-0.05, 0) is 25.0 Å². The van der Waals surface area contributed by atoms with E-state index in [1.165, 1.54) is 17.8 Å². The number of carbonyl (C=O) groups is 2. The molecule has 2 unspecified atom stereocenters. The molecule has 2 amide bonds. The Balaban J connectivity index is 1.91. The van der Waals surface area contributed by atoms with Crippen LogP contribution in [0.5, 0.6) is 0 Å². The minimum Gasteiger partial charge on any atom is -0.358 e. The zero-order valence-electron chi connectivity index (χ0n) is 13.6. The van der Waals surface area contributed by atoms with E-state index in [1.807, 2.05) is 0 Å². The highest BCUT2D eigenvalue weighted by molar-refractivity contribution is 8.04. The fourth-order valence-corrected chi connectivity index (χ4v) is 4.79. The topological polar surface area (TPSA) is 49.4 Å². The maximum atomic E-state index is 13.9. The number of likely N-dealkylation sites (N-methyl/N-ethyl adjacent to an activating group) is 1. The van der Waals surface area contributed by atoms with Crippen LogP contribution in [0.2, 0.25) is 0 Å². The maximum Gasteiger partial charge on any atom is 0.261 e. The lowest BCUT2D eigenvalue weighted by Gasteiger charge is -2.43. The van der Waals surface area contributed by atoms with Gasteiger partial charge in [-0.25, -0.2) is 4.39 Å². The van der Waals surface area contributed by atoms with Gasteiger partial charge in [0.2, 0.25) is 5.91 Å². The third-order valence-electron chi connectivity index (χ3n) is 4.60. The lowest BCUT2D eigenvalue weighted by atomic mass is 9.93. The molecule has 0 bridgehead atoms. The van der Waals surface area contributed by atoms with Gasteiger partial charge in [0.25, 0.3) is 5.91 Å². The van der Waals surface area contributed by atoms with E-state index in [1.54, 1.807) is 36.2 Å². The zero-order chi connectivity index (χ0) is 17.1. The summed E-state index contributed by atoms with van der Waals surface area (Å²) in [5.41, 5.74) is 0.405. The second kappa shape index (κ2) is 7.38. The van der Waals surface area contributed by atoms with E-state index in [0.717, 1.165) is 25.7 Å². The van der Waals surface area contributed by atoms with E-state index >= 15 is 0 Å². The number of nitrogens with one attached hydrogen (secondary N) is 1. The molecule has 1 N–H and O–H groups in total. The molecular weight excluding hydrogens is 327 g/mol. The van der Waals surface area contributed by atoms with Crippen molar-refractivity contribution in [2.75, 3.05) is 13.6 Å². The maximum absolute atomic E-state index is 13.9. The molecule has 1 aliphatic carbocycles. The second-order valence-corrected chi connectivity index (χ2v) is 7.43. The third kappa shape index (κ3) is 3.48. The van der Waals surface area contributed by atoms with Gasteiger partial charge in [-0.15, -0.1) is 11.8 Å². The van der Waals surface area contributed by atoms with Crippen LogP contribution in [0.15, 0.2) is 29.2 Å². The van der Waals surface area contributed by atoms with Gasteiger partial charge in [-0.3, -0.25) is 9.59 Å². The first kappa shape index (κ1) is 17.0. The van der Waals surface area contributed by atoms with Crippen molar-refractivity contribution < 1.29 is 14.0 Å². The average Bonchev–Trinajstić information content (AvgIpc) is 2.60. The van der Waals surface area contributed by atoms with Crippen LogP contribution in [0.4, 0.5) is 4.39 Å². The van der Waals surface area contributed by atoms with Gasteiger partial charge >= 0.3 is 0 Å². The first-order valence-electron chi connectivity index (χ1n) is 8.24. The zero-order valence-corrected chi connectivity index (χ0v) is 14.4. The molecule has 1 saturated heterocycles. The number of nitrogens with zero attached hydrogens (tertiary/aromatic N) is 1. The van der Waals surface area contributed by atoms with Gasteiger partial charge in [0.15, 0.2) is 0 Å². The largest absolute Gasteiger partial charge is 0.358 e. The normalized spacial score (nSPS) is 25.5. The van der Waals surface area contributed by atoms with Crippen molar-refractivity contribution in [1.82, 2.24) is 10.2 Å². The molecule has 1 aromatic carbocycles. The van der Waals surface area contributed by atoms with Crippen LogP contribution in [0.3, 0.4) is 0 Å². The summed E-state index contributed by atoms with van der Waals surface area (Å²) in [4.78, 5) is 26.9. The Bertz CT molecular complexity index is 677.